The summed E-state index contributed by atoms with van der Waals surface area (Å²) in [5.74, 6) is 0. The molecule has 100 valence electrons. The van der Waals surface area contributed by atoms with Crippen LogP contribution in [0.15, 0.2) is 48.5 Å². The molecule has 0 heterocycles. The van der Waals surface area contributed by atoms with E-state index < -0.39 is 5.60 Å². The van der Waals surface area contributed by atoms with E-state index in [4.69, 9.17) is 23.2 Å². The van der Waals surface area contributed by atoms with Crippen molar-refractivity contribution in [3.63, 3.8) is 0 Å². The van der Waals surface area contributed by atoms with Crippen molar-refractivity contribution in [3.8, 4) is 0 Å². The van der Waals surface area contributed by atoms with Gasteiger partial charge in [-0.3, -0.25) is 0 Å². The predicted octanol–water partition coefficient (Wildman–Crippen LogP) is 4.53. The molecule has 2 aromatic rings. The summed E-state index contributed by atoms with van der Waals surface area (Å²) < 4.78 is 0. The maximum Gasteiger partial charge on any atom is 0.0701 e. The first-order valence-corrected chi connectivity index (χ1v) is 6.93. The molecule has 0 saturated heterocycles. The van der Waals surface area contributed by atoms with Crippen LogP contribution in [0, 0.1) is 0 Å². The molecular formula is C16H16Cl2O. The highest BCUT2D eigenvalue weighted by molar-refractivity contribution is 6.36. The second-order valence-corrected chi connectivity index (χ2v) is 5.85. The summed E-state index contributed by atoms with van der Waals surface area (Å²) in [5.41, 5.74) is 1.01. The highest BCUT2D eigenvalue weighted by Crippen LogP contribution is 2.29. The molecule has 2 aromatic carbocycles. The standard InChI is InChI=1S/C16H16Cl2O/c1-16(19,10-12-6-3-2-4-7-12)11-13-14(17)8-5-9-15(13)18/h2-9,19H,10-11H2,1H3. The van der Waals surface area contributed by atoms with Crippen molar-refractivity contribution in [1.29, 1.82) is 0 Å². The van der Waals surface area contributed by atoms with E-state index in [0.717, 1.165) is 11.1 Å². The first kappa shape index (κ1) is 14.4. The lowest BCUT2D eigenvalue weighted by atomic mass is 9.90. The van der Waals surface area contributed by atoms with Gasteiger partial charge in [0.15, 0.2) is 0 Å². The molecule has 0 radical (unpaired) electrons. The van der Waals surface area contributed by atoms with Crippen molar-refractivity contribution in [2.45, 2.75) is 25.4 Å². The Bertz CT molecular complexity index is 530. The van der Waals surface area contributed by atoms with Gasteiger partial charge in [0.1, 0.15) is 0 Å². The topological polar surface area (TPSA) is 20.2 Å². The fraction of sp³-hybridized carbons (Fsp3) is 0.250. The van der Waals surface area contributed by atoms with Gasteiger partial charge in [0.25, 0.3) is 0 Å². The zero-order chi connectivity index (χ0) is 13.9. The first-order valence-electron chi connectivity index (χ1n) is 6.17. The fourth-order valence-electron chi connectivity index (χ4n) is 2.18. The molecule has 0 spiro atoms. The minimum atomic E-state index is -0.879. The Balaban J connectivity index is 2.17. The number of benzene rings is 2. The van der Waals surface area contributed by atoms with Crippen LogP contribution in [-0.4, -0.2) is 10.7 Å². The smallest absolute Gasteiger partial charge is 0.0701 e. The highest BCUT2D eigenvalue weighted by atomic mass is 35.5. The molecule has 0 saturated carbocycles. The Kier molecular flexibility index (Phi) is 4.51. The number of halogens is 2. The minimum Gasteiger partial charge on any atom is -0.389 e. The van der Waals surface area contributed by atoms with Gasteiger partial charge in [-0.2, -0.15) is 0 Å². The third kappa shape index (κ3) is 3.97. The number of hydrogen-bond donors (Lipinski definition) is 1. The van der Waals surface area contributed by atoms with Crippen LogP contribution in [0.3, 0.4) is 0 Å². The van der Waals surface area contributed by atoms with Gasteiger partial charge in [-0.25, -0.2) is 0 Å². The van der Waals surface area contributed by atoms with E-state index in [-0.39, 0.29) is 0 Å². The largest absolute Gasteiger partial charge is 0.389 e. The van der Waals surface area contributed by atoms with Crippen molar-refractivity contribution >= 4 is 23.2 Å². The van der Waals surface area contributed by atoms with Gasteiger partial charge in [0.05, 0.1) is 5.60 Å². The summed E-state index contributed by atoms with van der Waals surface area (Å²) in [5, 5.41) is 11.7. The number of aliphatic hydroxyl groups is 1. The van der Waals surface area contributed by atoms with Crippen LogP contribution < -0.4 is 0 Å². The maximum atomic E-state index is 10.6. The molecule has 3 heteroatoms. The monoisotopic (exact) mass is 294 g/mol. The van der Waals surface area contributed by atoms with Crippen LogP contribution in [0.2, 0.25) is 10.0 Å². The van der Waals surface area contributed by atoms with E-state index in [1.54, 1.807) is 25.1 Å². The molecule has 0 amide bonds. The zero-order valence-electron chi connectivity index (χ0n) is 10.7. The van der Waals surface area contributed by atoms with Crippen molar-refractivity contribution in [2.75, 3.05) is 0 Å². The highest BCUT2D eigenvalue weighted by Gasteiger charge is 2.24. The van der Waals surface area contributed by atoms with Crippen molar-refractivity contribution in [1.82, 2.24) is 0 Å². The predicted molar refractivity (Wildman–Crippen MR) is 80.9 cm³/mol. The molecule has 0 aliphatic heterocycles. The van der Waals surface area contributed by atoms with Crippen LogP contribution in [0.25, 0.3) is 0 Å². The quantitative estimate of drug-likeness (QED) is 0.878. The van der Waals surface area contributed by atoms with Gasteiger partial charge in [0.2, 0.25) is 0 Å². The SMILES string of the molecule is CC(O)(Cc1ccccc1)Cc1c(Cl)cccc1Cl. The van der Waals surface area contributed by atoms with Gasteiger partial charge >= 0.3 is 0 Å². The lowest BCUT2D eigenvalue weighted by Crippen LogP contribution is -2.30. The van der Waals surface area contributed by atoms with E-state index in [1.165, 1.54) is 0 Å². The molecule has 0 fully saturated rings. The second kappa shape index (κ2) is 5.96. The van der Waals surface area contributed by atoms with E-state index in [9.17, 15) is 5.11 Å². The van der Waals surface area contributed by atoms with E-state index >= 15 is 0 Å². The third-order valence-corrected chi connectivity index (χ3v) is 3.76. The Hall–Kier alpha value is -1.02. The maximum absolute atomic E-state index is 10.6. The van der Waals surface area contributed by atoms with Crippen LogP contribution in [0.1, 0.15) is 18.1 Å². The van der Waals surface area contributed by atoms with Crippen LogP contribution in [-0.2, 0) is 12.8 Å². The Morgan fingerprint density at radius 3 is 2.05 bits per heavy atom. The Morgan fingerprint density at radius 1 is 0.895 bits per heavy atom. The molecule has 19 heavy (non-hydrogen) atoms. The summed E-state index contributed by atoms with van der Waals surface area (Å²) in [6.45, 7) is 1.81. The average molecular weight is 295 g/mol. The van der Waals surface area contributed by atoms with Crippen molar-refractivity contribution in [2.24, 2.45) is 0 Å². The van der Waals surface area contributed by atoms with E-state index in [2.05, 4.69) is 0 Å². The summed E-state index contributed by atoms with van der Waals surface area (Å²) >= 11 is 12.3. The molecular weight excluding hydrogens is 279 g/mol. The van der Waals surface area contributed by atoms with Crippen molar-refractivity contribution < 1.29 is 5.11 Å². The summed E-state index contributed by atoms with van der Waals surface area (Å²) in [4.78, 5) is 0. The van der Waals surface area contributed by atoms with Gasteiger partial charge in [0, 0.05) is 22.9 Å². The van der Waals surface area contributed by atoms with Gasteiger partial charge in [-0.05, 0) is 30.2 Å². The van der Waals surface area contributed by atoms with E-state index in [1.807, 2.05) is 30.3 Å². The van der Waals surface area contributed by atoms with Crippen molar-refractivity contribution in [3.05, 3.63) is 69.7 Å². The van der Waals surface area contributed by atoms with Crippen LogP contribution in [0.4, 0.5) is 0 Å². The molecule has 1 N–H and O–H groups in total. The van der Waals surface area contributed by atoms with Crippen LogP contribution >= 0.6 is 23.2 Å². The van der Waals surface area contributed by atoms with Gasteiger partial charge in [-0.1, -0.05) is 59.6 Å². The molecule has 0 aliphatic rings. The molecule has 0 aliphatic carbocycles. The van der Waals surface area contributed by atoms with Gasteiger partial charge in [-0.15, -0.1) is 0 Å². The third-order valence-electron chi connectivity index (χ3n) is 3.05. The van der Waals surface area contributed by atoms with E-state index in [0.29, 0.717) is 22.9 Å². The summed E-state index contributed by atoms with van der Waals surface area (Å²) in [7, 11) is 0. The fourth-order valence-corrected chi connectivity index (χ4v) is 2.71. The molecule has 1 nitrogen and oxygen atoms in total. The molecule has 1 atom stereocenters. The van der Waals surface area contributed by atoms with Crippen LogP contribution in [0.5, 0.6) is 0 Å². The average Bonchev–Trinajstić information content (AvgIpc) is 2.35. The lowest BCUT2D eigenvalue weighted by Gasteiger charge is -2.24. The molecule has 1 unspecified atom stereocenters. The molecule has 0 aromatic heterocycles. The minimum absolute atomic E-state index is 0.431. The number of rotatable bonds is 4. The molecule has 2 rings (SSSR count). The second-order valence-electron chi connectivity index (χ2n) is 5.04. The Morgan fingerprint density at radius 2 is 1.47 bits per heavy atom. The zero-order valence-corrected chi connectivity index (χ0v) is 12.2. The summed E-state index contributed by atoms with van der Waals surface area (Å²) in [6, 6.07) is 15.3. The Labute approximate surface area is 123 Å². The summed E-state index contributed by atoms with van der Waals surface area (Å²) in [6.07, 6.45) is 0.996. The number of hydrogen-bond acceptors (Lipinski definition) is 1. The normalized spacial score (nSPS) is 14.1. The first-order chi connectivity index (χ1) is 8.98. The lowest BCUT2D eigenvalue weighted by molar-refractivity contribution is 0.0609. The molecule has 0 bridgehead atoms. The van der Waals surface area contributed by atoms with Gasteiger partial charge < -0.3 is 5.11 Å².